The van der Waals surface area contributed by atoms with Gasteiger partial charge in [-0.25, -0.2) is 0 Å². The van der Waals surface area contributed by atoms with Crippen LogP contribution in [0.15, 0.2) is 0 Å². The zero-order chi connectivity index (χ0) is 4.99. The minimum Gasteiger partial charge on any atom is -0.369 e. The molecule has 0 aliphatic rings. The van der Waals surface area contributed by atoms with E-state index in [1.54, 1.807) is 0 Å². The number of carbonyl (C=O) groups is 1. The van der Waals surface area contributed by atoms with Crippen molar-refractivity contribution in [1.82, 2.24) is 0 Å². The van der Waals surface area contributed by atoms with Gasteiger partial charge in [0.15, 0.2) is 0 Å². The molecule has 2 heteroatoms. The van der Waals surface area contributed by atoms with Crippen molar-refractivity contribution in [3.63, 3.8) is 0 Å². The predicted octanol–water partition coefficient (Wildman–Crippen LogP) is -0.548. The van der Waals surface area contributed by atoms with Crippen LogP contribution >= 0.6 is 0 Å². The lowest BCUT2D eigenvalue weighted by Gasteiger charge is -1.73. The normalized spacial score (nSPS) is 6.50. The number of primary amides is 1. The highest BCUT2D eigenvalue weighted by Crippen LogP contribution is 1.64. The van der Waals surface area contributed by atoms with E-state index in [0.717, 1.165) is 0 Å². The molecule has 2 nitrogen and oxygen atoms in total. The average Bonchev–Trinajstić information content (AvgIpc) is 1.35. The second-order valence-corrected chi connectivity index (χ2v) is 0.820. The number of nitrogens with two attached hydrogens (primary N) is 1. The average molecular weight is 82.1 g/mol. The van der Waals surface area contributed by atoms with E-state index in [-0.39, 0.29) is 6.42 Å². The monoisotopic (exact) mass is 82.0 g/mol. The van der Waals surface area contributed by atoms with E-state index in [9.17, 15) is 4.79 Å². The van der Waals surface area contributed by atoms with Crippen LogP contribution < -0.4 is 5.73 Å². The van der Waals surface area contributed by atoms with Crippen LogP contribution in [-0.2, 0) is 4.79 Å². The third-order valence-electron chi connectivity index (χ3n) is 0.263. The number of carbonyl (C=O) groups excluding carboxylic acids is 1. The number of hydrogen-bond donors (Lipinski definition) is 1. The lowest BCUT2D eigenvalue weighted by Crippen LogP contribution is -2.07. The number of hydrogen-bond acceptors (Lipinski definition) is 1. The van der Waals surface area contributed by atoms with E-state index in [0.29, 0.717) is 0 Å². The molecule has 0 spiro atoms. The van der Waals surface area contributed by atoms with E-state index in [1.807, 2.05) is 5.92 Å². The number of rotatable bonds is 1. The lowest BCUT2D eigenvalue weighted by molar-refractivity contribution is -0.117. The van der Waals surface area contributed by atoms with Crippen LogP contribution in [0.1, 0.15) is 6.42 Å². The molecule has 2 N–H and O–H groups in total. The molecule has 1 amide bonds. The van der Waals surface area contributed by atoms with Crippen LogP contribution in [0.3, 0.4) is 0 Å². The molecular formula is C4H4NO. The molecule has 0 heterocycles. The van der Waals surface area contributed by atoms with Gasteiger partial charge in [-0.1, -0.05) is 5.92 Å². The van der Waals surface area contributed by atoms with Gasteiger partial charge in [-0.2, -0.15) is 0 Å². The highest BCUT2D eigenvalue weighted by Gasteiger charge is 1.81. The molecule has 0 unspecified atom stereocenters. The van der Waals surface area contributed by atoms with E-state index >= 15 is 0 Å². The van der Waals surface area contributed by atoms with Gasteiger partial charge in [0.2, 0.25) is 5.91 Å². The largest absolute Gasteiger partial charge is 0.369 e. The molecule has 0 saturated carbocycles. The van der Waals surface area contributed by atoms with Crippen LogP contribution in [0.4, 0.5) is 0 Å². The second-order valence-electron chi connectivity index (χ2n) is 0.820. The topological polar surface area (TPSA) is 43.1 Å². The zero-order valence-electron chi connectivity index (χ0n) is 3.19. The molecule has 0 aliphatic carbocycles. The fraction of sp³-hybridized carbons (Fsp3) is 0.250. The first-order valence-electron chi connectivity index (χ1n) is 1.45. The van der Waals surface area contributed by atoms with Gasteiger partial charge in [0.25, 0.3) is 0 Å². The van der Waals surface area contributed by atoms with Crippen LogP contribution in [-0.4, -0.2) is 5.91 Å². The Hall–Kier alpha value is -0.970. The van der Waals surface area contributed by atoms with Crippen molar-refractivity contribution < 1.29 is 4.79 Å². The van der Waals surface area contributed by atoms with E-state index in [1.165, 1.54) is 0 Å². The summed E-state index contributed by atoms with van der Waals surface area (Å²) in [7, 11) is 0. The maximum absolute atomic E-state index is 9.64. The van der Waals surface area contributed by atoms with Gasteiger partial charge in [-0.05, 0) is 6.42 Å². The maximum Gasteiger partial charge on any atom is 0.229 e. The molecular weight excluding hydrogens is 78.0 g/mol. The molecule has 31 valence electrons. The summed E-state index contributed by atoms with van der Waals surface area (Å²) in [6.07, 6.45) is 6.11. The van der Waals surface area contributed by atoms with Gasteiger partial charge in [0, 0.05) is 0 Å². The van der Waals surface area contributed by atoms with Gasteiger partial charge in [0.05, 0.1) is 6.42 Å². The Balaban J connectivity index is 3.13. The summed E-state index contributed by atoms with van der Waals surface area (Å²) >= 11 is 0. The maximum atomic E-state index is 9.64. The van der Waals surface area contributed by atoms with Gasteiger partial charge in [0.1, 0.15) is 0 Å². The van der Waals surface area contributed by atoms with Crippen molar-refractivity contribution in [3.8, 4) is 5.92 Å². The smallest absolute Gasteiger partial charge is 0.229 e. The van der Waals surface area contributed by atoms with Crippen molar-refractivity contribution >= 4 is 5.91 Å². The Morgan fingerprint density at radius 3 is 2.50 bits per heavy atom. The third-order valence-corrected chi connectivity index (χ3v) is 0.263. The van der Waals surface area contributed by atoms with Crippen molar-refractivity contribution in [2.45, 2.75) is 6.42 Å². The van der Waals surface area contributed by atoms with Crippen LogP contribution in [0.5, 0.6) is 0 Å². The standard InChI is InChI=1S/C4H4NO/c1-2-3-4(5)6/h3H2,(H2,5,6). The first-order valence-corrected chi connectivity index (χ1v) is 1.45. The molecule has 0 atom stereocenters. The Labute approximate surface area is 36.3 Å². The summed E-state index contributed by atoms with van der Waals surface area (Å²) in [5, 5.41) is 0. The summed E-state index contributed by atoms with van der Waals surface area (Å²) in [6, 6.07) is 0. The Morgan fingerprint density at radius 1 is 2.00 bits per heavy atom. The highest BCUT2D eigenvalue weighted by molar-refractivity contribution is 5.76. The fourth-order valence-corrected chi connectivity index (χ4v) is 0.0871. The molecule has 0 saturated heterocycles. The summed E-state index contributed by atoms with van der Waals surface area (Å²) < 4.78 is 0. The molecule has 0 aromatic carbocycles. The Kier molecular flexibility index (Phi) is 1.91. The molecule has 0 aromatic heterocycles. The Morgan fingerprint density at radius 2 is 2.50 bits per heavy atom. The fourth-order valence-electron chi connectivity index (χ4n) is 0.0871. The minimum atomic E-state index is -0.509. The molecule has 6 heavy (non-hydrogen) atoms. The molecule has 1 radical (unpaired) electrons. The minimum absolute atomic E-state index is 0.0694. The van der Waals surface area contributed by atoms with Gasteiger partial charge < -0.3 is 5.73 Å². The Bertz CT molecular complexity index is 90.2. The van der Waals surface area contributed by atoms with Gasteiger partial charge >= 0.3 is 0 Å². The number of amides is 1. The molecule has 0 bridgehead atoms. The first-order chi connectivity index (χ1) is 2.77. The SMILES string of the molecule is [C]#CCC(N)=O. The predicted molar refractivity (Wildman–Crippen MR) is 20.9 cm³/mol. The zero-order valence-corrected chi connectivity index (χ0v) is 3.19. The van der Waals surface area contributed by atoms with E-state index < -0.39 is 5.91 Å². The van der Waals surface area contributed by atoms with Crippen LogP contribution in [0.25, 0.3) is 0 Å². The molecule has 0 aromatic rings. The van der Waals surface area contributed by atoms with Crippen molar-refractivity contribution in [2.24, 2.45) is 5.73 Å². The van der Waals surface area contributed by atoms with Gasteiger partial charge in [-0.3, -0.25) is 4.79 Å². The highest BCUT2D eigenvalue weighted by atomic mass is 16.1. The third kappa shape index (κ3) is 3.03. The first kappa shape index (κ1) is 5.03. The van der Waals surface area contributed by atoms with E-state index in [2.05, 4.69) is 5.73 Å². The molecule has 0 aliphatic heterocycles. The molecule has 0 fully saturated rings. The van der Waals surface area contributed by atoms with Crippen molar-refractivity contribution in [1.29, 1.82) is 0 Å². The van der Waals surface area contributed by atoms with Crippen molar-refractivity contribution in [3.05, 3.63) is 6.42 Å². The quantitative estimate of drug-likeness (QED) is 0.424. The summed E-state index contributed by atoms with van der Waals surface area (Å²) in [5.74, 6) is 1.33. The van der Waals surface area contributed by atoms with Gasteiger partial charge in [-0.15, -0.1) is 0 Å². The van der Waals surface area contributed by atoms with Crippen LogP contribution in [0, 0.1) is 12.3 Å². The van der Waals surface area contributed by atoms with Crippen LogP contribution in [0.2, 0.25) is 0 Å². The summed E-state index contributed by atoms with van der Waals surface area (Å²) in [4.78, 5) is 9.64. The lowest BCUT2D eigenvalue weighted by atomic mass is 10.4. The van der Waals surface area contributed by atoms with Crippen molar-refractivity contribution in [2.75, 3.05) is 0 Å². The van der Waals surface area contributed by atoms with E-state index in [4.69, 9.17) is 6.42 Å². The molecule has 0 rings (SSSR count). The summed E-state index contributed by atoms with van der Waals surface area (Å²) in [6.45, 7) is 0. The second kappa shape index (κ2) is 2.28. The summed E-state index contributed by atoms with van der Waals surface area (Å²) in [5.41, 5.74) is 4.58.